The zero-order valence-corrected chi connectivity index (χ0v) is 15.4. The van der Waals surface area contributed by atoms with E-state index in [1.165, 1.54) is 12.1 Å². The maximum atomic E-state index is 13.2. The Balaban J connectivity index is 2.29. The standard InChI is InChI=1S/C17H21F3N2O3S/c1-3-22(13-5-4-6-15(9-13)25-26(2,23)24)14-8-7-12(11-21)16(10-14)17(18,19)20/h7-8,10,13,15H,3-6,9H2,1-2H3. The van der Waals surface area contributed by atoms with Crippen LogP contribution in [0.3, 0.4) is 0 Å². The molecule has 144 valence electrons. The number of anilines is 1. The molecular weight excluding hydrogens is 369 g/mol. The summed E-state index contributed by atoms with van der Waals surface area (Å²) in [5.41, 5.74) is -1.02. The van der Waals surface area contributed by atoms with Crippen LogP contribution in [0, 0.1) is 11.3 Å². The van der Waals surface area contributed by atoms with Gasteiger partial charge in [-0.15, -0.1) is 0 Å². The van der Waals surface area contributed by atoms with Crippen molar-refractivity contribution in [2.24, 2.45) is 0 Å². The summed E-state index contributed by atoms with van der Waals surface area (Å²) in [7, 11) is -3.58. The fourth-order valence-corrected chi connectivity index (χ4v) is 4.10. The maximum Gasteiger partial charge on any atom is 0.417 e. The fourth-order valence-electron chi connectivity index (χ4n) is 3.43. The molecule has 1 aromatic rings. The van der Waals surface area contributed by atoms with Crippen molar-refractivity contribution in [2.45, 2.75) is 50.9 Å². The molecule has 0 spiro atoms. The summed E-state index contributed by atoms with van der Waals surface area (Å²) in [6.45, 7) is 2.28. The Bertz CT molecular complexity index is 787. The number of hydrogen-bond donors (Lipinski definition) is 0. The lowest BCUT2D eigenvalue weighted by molar-refractivity contribution is -0.137. The minimum atomic E-state index is -4.62. The molecular formula is C17H21F3N2O3S. The number of nitriles is 1. The highest BCUT2D eigenvalue weighted by atomic mass is 32.2. The maximum absolute atomic E-state index is 13.2. The van der Waals surface area contributed by atoms with Crippen LogP contribution in [0.15, 0.2) is 18.2 Å². The van der Waals surface area contributed by atoms with Gasteiger partial charge in [0.1, 0.15) is 0 Å². The first-order chi connectivity index (χ1) is 12.0. The summed E-state index contributed by atoms with van der Waals surface area (Å²) in [6, 6.07) is 5.11. The molecule has 26 heavy (non-hydrogen) atoms. The Morgan fingerprint density at radius 1 is 1.35 bits per heavy atom. The second-order valence-corrected chi connectivity index (χ2v) is 7.97. The van der Waals surface area contributed by atoms with Gasteiger partial charge in [0.05, 0.1) is 29.6 Å². The lowest BCUT2D eigenvalue weighted by Gasteiger charge is -2.38. The predicted octanol–water partition coefficient (Wildman–Crippen LogP) is 3.69. The van der Waals surface area contributed by atoms with E-state index in [1.54, 1.807) is 6.07 Å². The number of alkyl halides is 3. The summed E-state index contributed by atoms with van der Waals surface area (Å²) in [5.74, 6) is 0. The summed E-state index contributed by atoms with van der Waals surface area (Å²) >= 11 is 0. The Morgan fingerprint density at radius 2 is 2.04 bits per heavy atom. The molecule has 0 aromatic heterocycles. The number of benzene rings is 1. The average Bonchev–Trinajstić information content (AvgIpc) is 2.53. The van der Waals surface area contributed by atoms with E-state index in [9.17, 15) is 21.6 Å². The van der Waals surface area contributed by atoms with Crippen LogP contribution in [-0.4, -0.2) is 33.4 Å². The van der Waals surface area contributed by atoms with E-state index in [-0.39, 0.29) is 6.04 Å². The molecule has 0 saturated heterocycles. The highest BCUT2D eigenvalue weighted by molar-refractivity contribution is 7.86. The third kappa shape index (κ3) is 5.11. The van der Waals surface area contributed by atoms with Crippen LogP contribution in [0.2, 0.25) is 0 Å². The fraction of sp³-hybridized carbons (Fsp3) is 0.588. The van der Waals surface area contributed by atoms with Crippen molar-refractivity contribution in [3.8, 4) is 6.07 Å². The van der Waals surface area contributed by atoms with E-state index in [0.29, 0.717) is 25.1 Å². The lowest BCUT2D eigenvalue weighted by atomic mass is 9.91. The van der Waals surface area contributed by atoms with Crippen molar-refractivity contribution in [3.05, 3.63) is 29.3 Å². The molecule has 0 bridgehead atoms. The Labute approximate surface area is 151 Å². The minimum absolute atomic E-state index is 0.130. The molecule has 1 aromatic carbocycles. The summed E-state index contributed by atoms with van der Waals surface area (Å²) in [6.07, 6.45) is -1.62. The van der Waals surface area contributed by atoms with Crippen LogP contribution in [0.1, 0.15) is 43.7 Å². The van der Waals surface area contributed by atoms with Gasteiger partial charge in [-0.25, -0.2) is 0 Å². The molecule has 5 nitrogen and oxygen atoms in total. The number of nitrogens with zero attached hydrogens (tertiary/aromatic N) is 2. The van der Waals surface area contributed by atoms with Crippen LogP contribution in [0.5, 0.6) is 0 Å². The second kappa shape index (κ2) is 7.84. The minimum Gasteiger partial charge on any atom is -0.369 e. The van der Waals surface area contributed by atoms with Crippen molar-refractivity contribution in [2.75, 3.05) is 17.7 Å². The van der Waals surface area contributed by atoms with Crippen molar-refractivity contribution in [1.82, 2.24) is 0 Å². The smallest absolute Gasteiger partial charge is 0.369 e. The van der Waals surface area contributed by atoms with Gasteiger partial charge in [-0.2, -0.15) is 26.9 Å². The molecule has 2 unspecified atom stereocenters. The third-order valence-electron chi connectivity index (χ3n) is 4.45. The van der Waals surface area contributed by atoms with Crippen molar-refractivity contribution in [1.29, 1.82) is 5.26 Å². The quantitative estimate of drug-likeness (QED) is 0.717. The van der Waals surface area contributed by atoms with E-state index >= 15 is 0 Å². The van der Waals surface area contributed by atoms with Gasteiger partial charge in [-0.1, -0.05) is 0 Å². The van der Waals surface area contributed by atoms with E-state index in [1.807, 2.05) is 11.8 Å². The van der Waals surface area contributed by atoms with Crippen LogP contribution >= 0.6 is 0 Å². The van der Waals surface area contributed by atoms with E-state index in [2.05, 4.69) is 0 Å². The first-order valence-electron chi connectivity index (χ1n) is 8.31. The monoisotopic (exact) mass is 390 g/mol. The molecule has 1 saturated carbocycles. The summed E-state index contributed by atoms with van der Waals surface area (Å²) in [5, 5.41) is 8.92. The molecule has 0 N–H and O–H groups in total. The van der Waals surface area contributed by atoms with Gasteiger partial charge in [0, 0.05) is 18.3 Å². The van der Waals surface area contributed by atoms with Crippen LogP contribution < -0.4 is 4.90 Å². The largest absolute Gasteiger partial charge is 0.417 e. The van der Waals surface area contributed by atoms with Crippen molar-refractivity contribution < 1.29 is 25.8 Å². The topological polar surface area (TPSA) is 70.4 Å². The zero-order valence-electron chi connectivity index (χ0n) is 14.6. The first-order valence-corrected chi connectivity index (χ1v) is 10.1. The highest BCUT2D eigenvalue weighted by Gasteiger charge is 2.35. The average molecular weight is 390 g/mol. The molecule has 0 amide bonds. The van der Waals surface area contributed by atoms with E-state index < -0.39 is 33.5 Å². The van der Waals surface area contributed by atoms with Crippen molar-refractivity contribution in [3.63, 3.8) is 0 Å². The molecule has 1 fully saturated rings. The first kappa shape index (κ1) is 20.5. The van der Waals surface area contributed by atoms with Crippen LogP contribution in [-0.2, 0) is 20.5 Å². The third-order valence-corrected chi connectivity index (χ3v) is 5.07. The van der Waals surface area contributed by atoms with Gasteiger partial charge in [-0.05, 0) is 50.8 Å². The number of rotatable bonds is 5. The van der Waals surface area contributed by atoms with E-state index in [4.69, 9.17) is 9.44 Å². The van der Waals surface area contributed by atoms with Gasteiger partial charge in [0.25, 0.3) is 10.1 Å². The summed E-state index contributed by atoms with van der Waals surface area (Å²) in [4.78, 5) is 1.81. The lowest BCUT2D eigenvalue weighted by Crippen LogP contribution is -2.41. The van der Waals surface area contributed by atoms with Gasteiger partial charge in [0.15, 0.2) is 0 Å². The van der Waals surface area contributed by atoms with Gasteiger partial charge < -0.3 is 4.90 Å². The van der Waals surface area contributed by atoms with E-state index in [0.717, 1.165) is 25.2 Å². The summed E-state index contributed by atoms with van der Waals surface area (Å²) < 4.78 is 67.4. The molecule has 2 rings (SSSR count). The number of halogens is 3. The van der Waals surface area contributed by atoms with Gasteiger partial charge in [0.2, 0.25) is 0 Å². The van der Waals surface area contributed by atoms with Crippen LogP contribution in [0.4, 0.5) is 18.9 Å². The molecule has 9 heteroatoms. The number of hydrogen-bond acceptors (Lipinski definition) is 5. The van der Waals surface area contributed by atoms with Gasteiger partial charge in [-0.3, -0.25) is 4.18 Å². The molecule has 0 radical (unpaired) electrons. The highest BCUT2D eigenvalue weighted by Crippen LogP contribution is 2.36. The van der Waals surface area contributed by atoms with Crippen molar-refractivity contribution >= 4 is 15.8 Å². The normalized spacial score (nSPS) is 21.2. The zero-order chi connectivity index (χ0) is 19.5. The molecule has 0 aliphatic heterocycles. The molecule has 0 heterocycles. The van der Waals surface area contributed by atoms with Crippen LogP contribution in [0.25, 0.3) is 0 Å². The molecule has 1 aliphatic rings. The molecule has 1 aliphatic carbocycles. The Kier molecular flexibility index (Phi) is 6.19. The second-order valence-electron chi connectivity index (χ2n) is 6.37. The predicted molar refractivity (Wildman–Crippen MR) is 91.2 cm³/mol. The Hall–Kier alpha value is -1.79. The molecule has 2 atom stereocenters. The van der Waals surface area contributed by atoms with Gasteiger partial charge >= 0.3 is 6.18 Å². The Morgan fingerprint density at radius 3 is 2.58 bits per heavy atom. The SMILES string of the molecule is CCN(c1ccc(C#N)c(C(F)(F)F)c1)C1CCCC(OS(C)(=O)=O)C1.